The zero-order chi connectivity index (χ0) is 14.3. The third-order valence-corrected chi connectivity index (χ3v) is 2.18. The van der Waals surface area contributed by atoms with E-state index >= 15 is 0 Å². The van der Waals surface area contributed by atoms with Crippen LogP contribution in [0.3, 0.4) is 0 Å². The van der Waals surface area contributed by atoms with Crippen molar-refractivity contribution in [2.75, 3.05) is 20.3 Å². The Labute approximate surface area is 110 Å². The minimum atomic E-state index is -1.25. The van der Waals surface area contributed by atoms with Crippen LogP contribution < -0.4 is 4.74 Å². The molecule has 1 rings (SSSR count). The van der Waals surface area contributed by atoms with Gasteiger partial charge in [-0.3, -0.25) is 14.6 Å². The largest absolute Gasteiger partial charge is 0.480 e. The average Bonchev–Trinajstić information content (AvgIpc) is 2.40. The summed E-state index contributed by atoms with van der Waals surface area (Å²) in [6.07, 6.45) is 2.68. The molecule has 7 heteroatoms. The summed E-state index contributed by atoms with van der Waals surface area (Å²) >= 11 is 0. The quantitative estimate of drug-likeness (QED) is 0.554. The van der Waals surface area contributed by atoms with E-state index < -0.39 is 17.9 Å². The van der Waals surface area contributed by atoms with Crippen LogP contribution >= 0.6 is 0 Å². The molecule has 1 heterocycles. The Bertz CT molecular complexity index is 432. The highest BCUT2D eigenvalue weighted by Gasteiger charge is 2.33. The van der Waals surface area contributed by atoms with Gasteiger partial charge in [0.05, 0.1) is 38.4 Å². The summed E-state index contributed by atoms with van der Waals surface area (Å²) in [5.74, 6) is -2.48. The Kier molecular flexibility index (Phi) is 5.72. The van der Waals surface area contributed by atoms with E-state index in [1.54, 1.807) is 13.8 Å². The molecule has 0 atom stereocenters. The summed E-state index contributed by atoms with van der Waals surface area (Å²) in [5.41, 5.74) is 0.135. The maximum Gasteiger partial charge on any atom is 0.326 e. The van der Waals surface area contributed by atoms with Crippen molar-refractivity contribution in [2.24, 2.45) is 0 Å². The van der Waals surface area contributed by atoms with Crippen LogP contribution in [0.15, 0.2) is 12.4 Å². The minimum absolute atomic E-state index is 0.135. The number of aromatic nitrogens is 2. The molecule has 0 aliphatic carbocycles. The predicted molar refractivity (Wildman–Crippen MR) is 64.6 cm³/mol. The van der Waals surface area contributed by atoms with Gasteiger partial charge in [-0.2, -0.15) is 0 Å². The van der Waals surface area contributed by atoms with Gasteiger partial charge in [0.15, 0.2) is 5.92 Å². The number of methoxy groups -OCH3 is 1. The molecular formula is C12H16N2O5. The number of hydrogen-bond donors (Lipinski definition) is 0. The Balaban J connectivity index is 3.07. The molecule has 0 spiro atoms. The van der Waals surface area contributed by atoms with Gasteiger partial charge in [0, 0.05) is 0 Å². The maximum atomic E-state index is 11.8. The number of esters is 2. The van der Waals surface area contributed by atoms with Gasteiger partial charge in [0.25, 0.3) is 0 Å². The molecule has 0 unspecified atom stereocenters. The fourth-order valence-electron chi connectivity index (χ4n) is 1.39. The van der Waals surface area contributed by atoms with Gasteiger partial charge < -0.3 is 14.2 Å². The summed E-state index contributed by atoms with van der Waals surface area (Å²) in [4.78, 5) is 31.5. The van der Waals surface area contributed by atoms with Crippen molar-refractivity contribution in [3.63, 3.8) is 0 Å². The molecule has 0 saturated carbocycles. The highest BCUT2D eigenvalue weighted by Crippen LogP contribution is 2.19. The Morgan fingerprint density at radius 2 is 1.74 bits per heavy atom. The fraction of sp³-hybridized carbons (Fsp3) is 0.500. The first-order chi connectivity index (χ1) is 9.13. The van der Waals surface area contributed by atoms with Gasteiger partial charge in [-0.25, -0.2) is 4.98 Å². The summed E-state index contributed by atoms with van der Waals surface area (Å²) in [6, 6.07) is 0. The van der Waals surface area contributed by atoms with E-state index in [2.05, 4.69) is 9.97 Å². The van der Waals surface area contributed by atoms with Gasteiger partial charge in [-0.15, -0.1) is 0 Å². The molecule has 0 bridgehead atoms. The fourth-order valence-corrected chi connectivity index (χ4v) is 1.39. The van der Waals surface area contributed by atoms with Crippen LogP contribution in [0.25, 0.3) is 0 Å². The van der Waals surface area contributed by atoms with Crippen LogP contribution in [-0.4, -0.2) is 42.2 Å². The molecule has 0 aromatic carbocycles. The molecule has 19 heavy (non-hydrogen) atoms. The van der Waals surface area contributed by atoms with Crippen LogP contribution in [0.1, 0.15) is 25.5 Å². The summed E-state index contributed by atoms with van der Waals surface area (Å²) in [5, 5.41) is 0. The highest BCUT2D eigenvalue weighted by molar-refractivity contribution is 6.00. The average molecular weight is 268 g/mol. The van der Waals surface area contributed by atoms with Crippen molar-refractivity contribution in [3.05, 3.63) is 18.1 Å². The predicted octanol–water partition coefficient (Wildman–Crippen LogP) is 0.695. The van der Waals surface area contributed by atoms with E-state index in [4.69, 9.17) is 14.2 Å². The van der Waals surface area contributed by atoms with E-state index in [0.29, 0.717) is 0 Å². The standard InChI is InChI=1S/C12H16N2O5/c1-4-18-11(15)10(12(16)19-5-2)8-6-13-7-9(14-8)17-3/h6-7,10H,4-5H2,1-3H3. The Hall–Kier alpha value is -2.18. The van der Waals surface area contributed by atoms with Gasteiger partial charge in [0.1, 0.15) is 0 Å². The van der Waals surface area contributed by atoms with E-state index in [0.717, 1.165) is 0 Å². The highest BCUT2D eigenvalue weighted by atomic mass is 16.6. The number of carbonyl (C=O) groups excluding carboxylic acids is 2. The third kappa shape index (κ3) is 3.90. The number of ether oxygens (including phenoxy) is 3. The van der Waals surface area contributed by atoms with Crippen LogP contribution in [-0.2, 0) is 19.1 Å². The smallest absolute Gasteiger partial charge is 0.326 e. The first-order valence-corrected chi connectivity index (χ1v) is 5.83. The summed E-state index contributed by atoms with van der Waals surface area (Å²) in [7, 11) is 1.41. The monoisotopic (exact) mass is 268 g/mol. The van der Waals surface area contributed by atoms with Crippen molar-refractivity contribution in [3.8, 4) is 5.88 Å². The van der Waals surface area contributed by atoms with E-state index in [-0.39, 0.29) is 24.8 Å². The summed E-state index contributed by atoms with van der Waals surface area (Å²) in [6.45, 7) is 3.62. The second-order valence-electron chi connectivity index (χ2n) is 3.42. The third-order valence-electron chi connectivity index (χ3n) is 2.18. The lowest BCUT2D eigenvalue weighted by atomic mass is 10.1. The van der Waals surface area contributed by atoms with E-state index in [1.807, 2.05) is 0 Å². The molecule has 0 radical (unpaired) electrons. The van der Waals surface area contributed by atoms with Crippen LogP contribution in [0.4, 0.5) is 0 Å². The van der Waals surface area contributed by atoms with Crippen molar-refractivity contribution in [1.29, 1.82) is 0 Å². The van der Waals surface area contributed by atoms with Crippen LogP contribution in [0, 0.1) is 0 Å². The zero-order valence-electron chi connectivity index (χ0n) is 11.1. The van der Waals surface area contributed by atoms with Gasteiger partial charge >= 0.3 is 11.9 Å². The molecule has 0 aliphatic rings. The molecule has 0 N–H and O–H groups in total. The van der Waals surface area contributed by atoms with E-state index in [1.165, 1.54) is 19.5 Å². The molecule has 7 nitrogen and oxygen atoms in total. The van der Waals surface area contributed by atoms with Crippen LogP contribution in [0.5, 0.6) is 5.88 Å². The lowest BCUT2D eigenvalue weighted by molar-refractivity contribution is -0.157. The molecule has 1 aromatic heterocycles. The zero-order valence-corrected chi connectivity index (χ0v) is 11.1. The first-order valence-electron chi connectivity index (χ1n) is 5.83. The number of carbonyl (C=O) groups is 2. The molecule has 0 fully saturated rings. The number of hydrogen-bond acceptors (Lipinski definition) is 7. The molecule has 104 valence electrons. The van der Waals surface area contributed by atoms with Gasteiger partial charge in [-0.1, -0.05) is 0 Å². The summed E-state index contributed by atoms with van der Waals surface area (Å²) < 4.78 is 14.6. The maximum absolute atomic E-state index is 11.8. The second-order valence-corrected chi connectivity index (χ2v) is 3.42. The van der Waals surface area contributed by atoms with Crippen molar-refractivity contribution in [1.82, 2.24) is 9.97 Å². The number of rotatable bonds is 6. The van der Waals surface area contributed by atoms with Crippen molar-refractivity contribution >= 4 is 11.9 Å². The molecule has 0 amide bonds. The second kappa shape index (κ2) is 7.30. The Morgan fingerprint density at radius 3 is 2.21 bits per heavy atom. The first kappa shape index (κ1) is 14.9. The van der Waals surface area contributed by atoms with Gasteiger partial charge in [-0.05, 0) is 13.8 Å². The normalized spacial score (nSPS) is 10.1. The lowest BCUT2D eigenvalue weighted by Crippen LogP contribution is -2.27. The molecule has 1 aromatic rings. The van der Waals surface area contributed by atoms with Crippen molar-refractivity contribution in [2.45, 2.75) is 19.8 Å². The lowest BCUT2D eigenvalue weighted by Gasteiger charge is -2.13. The minimum Gasteiger partial charge on any atom is -0.480 e. The Morgan fingerprint density at radius 1 is 1.16 bits per heavy atom. The van der Waals surface area contributed by atoms with Crippen molar-refractivity contribution < 1.29 is 23.8 Å². The molecule has 0 saturated heterocycles. The van der Waals surface area contributed by atoms with Crippen LogP contribution in [0.2, 0.25) is 0 Å². The van der Waals surface area contributed by atoms with Gasteiger partial charge in [0.2, 0.25) is 5.88 Å². The topological polar surface area (TPSA) is 87.6 Å². The molecular weight excluding hydrogens is 252 g/mol. The molecule has 0 aliphatic heterocycles. The van der Waals surface area contributed by atoms with E-state index in [9.17, 15) is 9.59 Å². The number of nitrogens with zero attached hydrogens (tertiary/aromatic N) is 2. The SMILES string of the molecule is CCOC(=O)C(C(=O)OCC)c1cncc(OC)n1.